The van der Waals surface area contributed by atoms with Gasteiger partial charge in [0.25, 0.3) is 0 Å². The van der Waals surface area contributed by atoms with Crippen LogP contribution in [0.1, 0.15) is 23.6 Å². The van der Waals surface area contributed by atoms with Gasteiger partial charge in [-0.3, -0.25) is 4.90 Å². The van der Waals surface area contributed by atoms with Crippen molar-refractivity contribution in [3.05, 3.63) is 108 Å². The summed E-state index contributed by atoms with van der Waals surface area (Å²) in [7, 11) is 0. The molecule has 1 unspecified atom stereocenters. The van der Waals surface area contributed by atoms with Crippen molar-refractivity contribution in [2.75, 3.05) is 0 Å². The molecule has 1 heterocycles. The van der Waals surface area contributed by atoms with Crippen LogP contribution in [0.15, 0.2) is 91.0 Å². The third-order valence-corrected chi connectivity index (χ3v) is 5.14. The van der Waals surface area contributed by atoms with Crippen molar-refractivity contribution < 1.29 is 9.53 Å². The molecule has 3 nitrogen and oxygen atoms in total. The highest BCUT2D eigenvalue weighted by molar-refractivity contribution is 5.73. The van der Waals surface area contributed by atoms with E-state index in [4.69, 9.17) is 4.74 Å². The largest absolute Gasteiger partial charge is 0.431 e. The lowest BCUT2D eigenvalue weighted by molar-refractivity contribution is 0.0713. The van der Waals surface area contributed by atoms with E-state index in [0.717, 1.165) is 16.7 Å². The van der Waals surface area contributed by atoms with Crippen LogP contribution >= 0.6 is 0 Å². The van der Waals surface area contributed by atoms with Gasteiger partial charge in [0.2, 0.25) is 0 Å². The number of hydrogen-bond acceptors (Lipinski definition) is 2. The van der Waals surface area contributed by atoms with Crippen LogP contribution in [0.4, 0.5) is 4.79 Å². The van der Waals surface area contributed by atoms with Crippen molar-refractivity contribution in [3.63, 3.8) is 0 Å². The number of carbonyl (C=O) groups excluding carboxylic acids is 1. The van der Waals surface area contributed by atoms with Crippen LogP contribution < -0.4 is 0 Å². The number of amides is 1. The first-order valence-corrected chi connectivity index (χ1v) is 8.86. The molecule has 3 aromatic carbocycles. The quantitative estimate of drug-likeness (QED) is 0.669. The summed E-state index contributed by atoms with van der Waals surface area (Å²) in [4.78, 5) is 14.7. The van der Waals surface area contributed by atoms with E-state index < -0.39 is 5.60 Å². The van der Waals surface area contributed by atoms with Crippen LogP contribution in [-0.2, 0) is 16.9 Å². The first-order chi connectivity index (χ1) is 12.7. The van der Waals surface area contributed by atoms with Crippen LogP contribution in [0, 0.1) is 0 Å². The minimum atomic E-state index is -0.811. The Hall–Kier alpha value is -3.07. The first kappa shape index (κ1) is 16.4. The Morgan fingerprint density at radius 1 is 0.808 bits per heavy atom. The summed E-state index contributed by atoms with van der Waals surface area (Å²) < 4.78 is 6.11. The number of carbonyl (C=O) groups is 1. The van der Waals surface area contributed by atoms with Gasteiger partial charge < -0.3 is 4.74 Å². The zero-order valence-corrected chi connectivity index (χ0v) is 14.7. The van der Waals surface area contributed by atoms with E-state index in [2.05, 4.69) is 6.92 Å². The Kier molecular flexibility index (Phi) is 4.21. The van der Waals surface area contributed by atoms with Gasteiger partial charge in [-0.2, -0.15) is 0 Å². The molecule has 1 atom stereocenters. The van der Waals surface area contributed by atoms with Crippen molar-refractivity contribution in [1.82, 2.24) is 4.90 Å². The topological polar surface area (TPSA) is 29.5 Å². The monoisotopic (exact) mass is 343 g/mol. The predicted molar refractivity (Wildman–Crippen MR) is 102 cm³/mol. The fourth-order valence-corrected chi connectivity index (χ4v) is 3.78. The van der Waals surface area contributed by atoms with E-state index in [1.54, 1.807) is 0 Å². The Morgan fingerprint density at radius 2 is 1.27 bits per heavy atom. The molecule has 1 saturated heterocycles. The smallest absolute Gasteiger partial charge is 0.411 e. The second-order valence-corrected chi connectivity index (χ2v) is 6.63. The molecule has 3 heteroatoms. The molecule has 0 bridgehead atoms. The highest BCUT2D eigenvalue weighted by Gasteiger charge is 2.53. The minimum Gasteiger partial charge on any atom is -0.431 e. The van der Waals surface area contributed by atoms with Crippen molar-refractivity contribution in [3.8, 4) is 0 Å². The van der Waals surface area contributed by atoms with Gasteiger partial charge in [-0.05, 0) is 12.5 Å². The van der Waals surface area contributed by atoms with Gasteiger partial charge in [0.05, 0.1) is 6.04 Å². The number of rotatable bonds is 4. The molecular formula is C23H21NO2. The second-order valence-electron chi connectivity index (χ2n) is 6.63. The molecule has 1 amide bonds. The first-order valence-electron chi connectivity index (χ1n) is 8.86. The van der Waals surface area contributed by atoms with Gasteiger partial charge in [0.15, 0.2) is 5.60 Å². The highest BCUT2D eigenvalue weighted by atomic mass is 16.6. The molecular weight excluding hydrogens is 322 g/mol. The average molecular weight is 343 g/mol. The van der Waals surface area contributed by atoms with E-state index in [9.17, 15) is 4.79 Å². The molecule has 1 aliphatic rings. The van der Waals surface area contributed by atoms with Crippen LogP contribution in [-0.4, -0.2) is 17.0 Å². The molecule has 0 radical (unpaired) electrons. The minimum absolute atomic E-state index is 0.139. The van der Waals surface area contributed by atoms with Crippen molar-refractivity contribution in [2.24, 2.45) is 0 Å². The number of hydrogen-bond donors (Lipinski definition) is 0. The molecule has 1 fully saturated rings. The fraction of sp³-hybridized carbons (Fsp3) is 0.174. The Morgan fingerprint density at radius 3 is 1.77 bits per heavy atom. The average Bonchev–Trinajstić information content (AvgIpc) is 2.96. The number of ether oxygens (including phenoxy) is 1. The van der Waals surface area contributed by atoms with E-state index in [1.807, 2.05) is 95.9 Å². The molecule has 1 aliphatic heterocycles. The lowest BCUT2D eigenvalue weighted by Gasteiger charge is -2.33. The number of cyclic esters (lactones) is 1. The van der Waals surface area contributed by atoms with Gasteiger partial charge in [-0.15, -0.1) is 0 Å². The molecule has 0 spiro atoms. The Balaban J connectivity index is 1.79. The van der Waals surface area contributed by atoms with Gasteiger partial charge in [0, 0.05) is 17.7 Å². The summed E-state index contributed by atoms with van der Waals surface area (Å²) in [5.41, 5.74) is 2.26. The molecule has 26 heavy (non-hydrogen) atoms. The lowest BCUT2D eigenvalue weighted by atomic mass is 9.80. The number of nitrogens with zero attached hydrogens (tertiary/aromatic N) is 1. The van der Waals surface area contributed by atoms with E-state index in [-0.39, 0.29) is 12.1 Å². The highest BCUT2D eigenvalue weighted by Crippen LogP contribution is 2.44. The molecule has 4 rings (SSSR count). The molecule has 130 valence electrons. The Labute approximate surface area is 153 Å². The maximum Gasteiger partial charge on any atom is 0.411 e. The summed E-state index contributed by atoms with van der Waals surface area (Å²) in [6.07, 6.45) is -0.283. The molecule has 0 N–H and O–H groups in total. The van der Waals surface area contributed by atoms with E-state index >= 15 is 0 Å². The van der Waals surface area contributed by atoms with Gasteiger partial charge >= 0.3 is 6.09 Å². The van der Waals surface area contributed by atoms with Gasteiger partial charge in [0.1, 0.15) is 0 Å². The summed E-state index contributed by atoms with van der Waals surface area (Å²) in [5, 5.41) is 0. The van der Waals surface area contributed by atoms with Crippen molar-refractivity contribution in [1.29, 1.82) is 0 Å². The van der Waals surface area contributed by atoms with Gasteiger partial charge in [-0.25, -0.2) is 4.79 Å². The van der Waals surface area contributed by atoms with Crippen LogP contribution in [0.25, 0.3) is 0 Å². The zero-order valence-electron chi connectivity index (χ0n) is 14.7. The summed E-state index contributed by atoms with van der Waals surface area (Å²) in [6, 6.07) is 29.9. The normalized spacial score (nSPS) is 18.6. The fourth-order valence-electron chi connectivity index (χ4n) is 3.78. The summed E-state index contributed by atoms with van der Waals surface area (Å²) in [6.45, 7) is 2.59. The molecule has 0 saturated carbocycles. The van der Waals surface area contributed by atoms with Crippen LogP contribution in [0.5, 0.6) is 0 Å². The predicted octanol–water partition coefficient (Wildman–Crippen LogP) is 4.97. The van der Waals surface area contributed by atoms with Crippen molar-refractivity contribution in [2.45, 2.75) is 25.1 Å². The Bertz CT molecular complexity index is 838. The molecule has 0 aliphatic carbocycles. The van der Waals surface area contributed by atoms with Crippen molar-refractivity contribution >= 4 is 6.09 Å². The zero-order chi connectivity index (χ0) is 18.0. The van der Waals surface area contributed by atoms with E-state index in [0.29, 0.717) is 6.54 Å². The van der Waals surface area contributed by atoms with Crippen LogP contribution in [0.3, 0.4) is 0 Å². The summed E-state index contributed by atoms with van der Waals surface area (Å²) >= 11 is 0. The maximum absolute atomic E-state index is 12.9. The van der Waals surface area contributed by atoms with E-state index in [1.165, 1.54) is 0 Å². The third kappa shape index (κ3) is 2.66. The molecule has 3 aromatic rings. The SMILES string of the molecule is CC1N(Cc2ccccc2)C(=O)OC1(c1ccccc1)c1ccccc1. The number of benzene rings is 3. The standard InChI is InChI=1S/C23H21NO2/c1-18-23(20-13-7-3-8-14-20,21-15-9-4-10-16-21)26-22(25)24(18)17-19-11-5-2-6-12-19/h2-16,18H,17H2,1H3. The molecule has 0 aromatic heterocycles. The lowest BCUT2D eigenvalue weighted by Crippen LogP contribution is -2.42. The van der Waals surface area contributed by atoms with Gasteiger partial charge in [-0.1, -0.05) is 91.0 Å². The third-order valence-electron chi connectivity index (χ3n) is 5.14. The van der Waals surface area contributed by atoms with Crippen LogP contribution in [0.2, 0.25) is 0 Å². The summed E-state index contributed by atoms with van der Waals surface area (Å²) in [5.74, 6) is 0. The maximum atomic E-state index is 12.9. The second kappa shape index (κ2) is 6.68.